The Hall–Kier alpha value is -4.05. The molecule has 4 amide bonds. The van der Waals surface area contributed by atoms with Crippen LogP contribution in [-0.4, -0.2) is 51.3 Å². The minimum absolute atomic E-state index is 0.00351. The zero-order valence-corrected chi connectivity index (χ0v) is 25.2. The molecule has 0 aromatic heterocycles. The van der Waals surface area contributed by atoms with Crippen LogP contribution < -0.4 is 4.90 Å². The molecular weight excluding hydrogens is 591 g/mol. The SMILES string of the molecule is Cc1cc([C@H]2C3=CC[C@@H]4C(=O)N(CCCC(=O)O)C(=O)[C@@H]4[C@@H]3C[C@H]3C(=O)N(c4ccc(F)c(Cl)c4)C(=O)[C@@]23C)cc(C)c1O. The van der Waals surface area contributed by atoms with Crippen molar-refractivity contribution in [2.75, 3.05) is 11.4 Å². The molecule has 0 spiro atoms. The minimum Gasteiger partial charge on any atom is -0.507 e. The summed E-state index contributed by atoms with van der Waals surface area (Å²) in [5, 5.41) is 19.4. The molecule has 6 atom stereocenters. The van der Waals surface area contributed by atoms with Gasteiger partial charge in [0.1, 0.15) is 11.6 Å². The molecule has 2 saturated heterocycles. The van der Waals surface area contributed by atoms with E-state index >= 15 is 0 Å². The minimum atomic E-state index is -1.30. The maximum Gasteiger partial charge on any atom is 0.303 e. The number of hydrogen-bond donors (Lipinski definition) is 2. The Morgan fingerprint density at radius 3 is 2.36 bits per heavy atom. The van der Waals surface area contributed by atoms with Crippen molar-refractivity contribution in [1.82, 2.24) is 4.90 Å². The summed E-state index contributed by atoms with van der Waals surface area (Å²) >= 11 is 6.04. The van der Waals surface area contributed by atoms with Gasteiger partial charge in [-0.1, -0.05) is 35.4 Å². The molecule has 2 aliphatic carbocycles. The third kappa shape index (κ3) is 4.29. The molecule has 4 aliphatic rings. The van der Waals surface area contributed by atoms with Crippen LogP contribution in [0.4, 0.5) is 10.1 Å². The van der Waals surface area contributed by atoms with Crippen molar-refractivity contribution in [3.05, 3.63) is 69.5 Å². The lowest BCUT2D eigenvalue weighted by atomic mass is 9.51. The number of amides is 4. The second kappa shape index (κ2) is 10.5. The van der Waals surface area contributed by atoms with E-state index in [0.717, 1.165) is 21.4 Å². The lowest BCUT2D eigenvalue weighted by molar-refractivity contribution is -0.142. The summed E-state index contributed by atoms with van der Waals surface area (Å²) in [6, 6.07) is 7.26. The van der Waals surface area contributed by atoms with Crippen molar-refractivity contribution in [1.29, 1.82) is 0 Å². The molecule has 1 saturated carbocycles. The number of likely N-dealkylation sites (tertiary alicyclic amines) is 1. The molecule has 11 heteroatoms. The molecule has 2 aliphatic heterocycles. The molecule has 0 unspecified atom stereocenters. The second-order valence-corrected chi connectivity index (χ2v) is 13.0. The molecule has 3 fully saturated rings. The number of allylic oxidation sites excluding steroid dienone is 2. The summed E-state index contributed by atoms with van der Waals surface area (Å²) in [5.41, 5.74) is 1.53. The van der Waals surface area contributed by atoms with E-state index in [1.165, 1.54) is 12.1 Å². The van der Waals surface area contributed by atoms with Crippen LogP contribution in [0.3, 0.4) is 0 Å². The van der Waals surface area contributed by atoms with Gasteiger partial charge in [-0.15, -0.1) is 0 Å². The average Bonchev–Trinajstić information content (AvgIpc) is 3.32. The van der Waals surface area contributed by atoms with Gasteiger partial charge in [-0.25, -0.2) is 9.29 Å². The van der Waals surface area contributed by atoms with Crippen molar-refractivity contribution in [3.8, 4) is 5.75 Å². The number of fused-ring (bicyclic) bond motifs is 4. The number of nitrogens with zero attached hydrogens (tertiary/aromatic N) is 2. The number of aryl methyl sites for hydroxylation is 2. The average molecular weight is 623 g/mol. The number of carboxylic acids is 1. The topological polar surface area (TPSA) is 132 Å². The largest absolute Gasteiger partial charge is 0.507 e. The van der Waals surface area contributed by atoms with Gasteiger partial charge in [-0.05, 0) is 80.8 Å². The van der Waals surface area contributed by atoms with E-state index in [1.807, 2.05) is 6.08 Å². The van der Waals surface area contributed by atoms with Gasteiger partial charge in [0.15, 0.2) is 0 Å². The number of aliphatic carboxylic acids is 1. The summed E-state index contributed by atoms with van der Waals surface area (Å²) in [5.74, 6) is -6.76. The van der Waals surface area contributed by atoms with Crippen molar-refractivity contribution in [3.63, 3.8) is 0 Å². The Bertz CT molecular complexity index is 1660. The normalized spacial score (nSPS) is 29.5. The van der Waals surface area contributed by atoms with E-state index in [0.29, 0.717) is 16.7 Å². The second-order valence-electron chi connectivity index (χ2n) is 12.6. The predicted octanol–water partition coefficient (Wildman–Crippen LogP) is 4.90. The summed E-state index contributed by atoms with van der Waals surface area (Å²) in [6.07, 6.45) is 2.30. The van der Waals surface area contributed by atoms with Crippen LogP contribution >= 0.6 is 11.6 Å². The van der Waals surface area contributed by atoms with Gasteiger partial charge >= 0.3 is 5.97 Å². The number of benzene rings is 2. The number of hydrogen-bond acceptors (Lipinski definition) is 6. The first-order valence-corrected chi connectivity index (χ1v) is 15.1. The first-order valence-electron chi connectivity index (χ1n) is 14.7. The zero-order valence-electron chi connectivity index (χ0n) is 24.5. The van der Waals surface area contributed by atoms with Gasteiger partial charge in [0, 0.05) is 18.9 Å². The highest BCUT2D eigenvalue weighted by atomic mass is 35.5. The third-order valence-electron chi connectivity index (χ3n) is 10.1. The first-order chi connectivity index (χ1) is 20.8. The van der Waals surface area contributed by atoms with Crippen LogP contribution in [-0.2, 0) is 24.0 Å². The van der Waals surface area contributed by atoms with E-state index in [2.05, 4.69) is 0 Å². The van der Waals surface area contributed by atoms with Crippen molar-refractivity contribution >= 4 is 46.9 Å². The molecule has 9 nitrogen and oxygen atoms in total. The van der Waals surface area contributed by atoms with Gasteiger partial charge in [0.25, 0.3) is 0 Å². The highest BCUT2D eigenvalue weighted by Gasteiger charge is 2.67. The van der Waals surface area contributed by atoms with Crippen molar-refractivity contribution in [2.24, 2.45) is 29.1 Å². The van der Waals surface area contributed by atoms with E-state index in [-0.39, 0.29) is 60.5 Å². The van der Waals surface area contributed by atoms with Crippen LogP contribution in [0, 0.1) is 48.8 Å². The van der Waals surface area contributed by atoms with Crippen LogP contribution in [0.5, 0.6) is 5.75 Å². The predicted molar refractivity (Wildman–Crippen MR) is 157 cm³/mol. The highest BCUT2D eigenvalue weighted by Crippen LogP contribution is 2.63. The summed E-state index contributed by atoms with van der Waals surface area (Å²) in [4.78, 5) is 69.2. The number of anilines is 1. The molecule has 2 N–H and O–H groups in total. The lowest BCUT2D eigenvalue weighted by Crippen LogP contribution is -2.49. The third-order valence-corrected chi connectivity index (χ3v) is 10.4. The van der Waals surface area contributed by atoms with Crippen molar-refractivity contribution < 1.29 is 38.6 Å². The Kier molecular flexibility index (Phi) is 7.19. The smallest absolute Gasteiger partial charge is 0.303 e. The molecule has 2 aromatic carbocycles. The Balaban J connectivity index is 1.47. The van der Waals surface area contributed by atoms with Crippen LogP contribution in [0.15, 0.2) is 42.0 Å². The van der Waals surface area contributed by atoms with Crippen LogP contribution in [0.2, 0.25) is 5.02 Å². The number of phenols is 1. The van der Waals surface area contributed by atoms with E-state index in [9.17, 15) is 33.5 Å². The molecule has 2 heterocycles. The Morgan fingerprint density at radius 2 is 1.73 bits per heavy atom. The fraction of sp³-hybridized carbons (Fsp3) is 0.424. The van der Waals surface area contributed by atoms with Crippen molar-refractivity contribution in [2.45, 2.75) is 52.4 Å². The number of imide groups is 2. The standard InChI is InChI=1S/C33H32ClFN2O7/c1-15-11-17(12-16(2)28(15)40)27-19-7-8-20-26(31(43)36(29(20)41)10-4-5-25(38)39)21(19)14-22-30(42)37(32(44)33(22,27)3)18-6-9-24(35)23(34)13-18/h6-7,9,11-13,20-22,26-27,40H,4-5,8,10,14H2,1-3H3,(H,38,39)/t20-,21+,22-,26-,27-,33+/m0/s1. The van der Waals surface area contributed by atoms with Gasteiger partial charge in [-0.3, -0.25) is 28.9 Å². The number of carbonyl (C=O) groups is 5. The van der Waals surface area contributed by atoms with Gasteiger partial charge in [0.2, 0.25) is 23.6 Å². The lowest BCUT2D eigenvalue weighted by Gasteiger charge is -2.49. The quantitative estimate of drug-likeness (QED) is 0.346. The molecule has 230 valence electrons. The monoisotopic (exact) mass is 622 g/mol. The van der Waals surface area contributed by atoms with Gasteiger partial charge in [0.05, 0.1) is 33.9 Å². The fourth-order valence-electron chi connectivity index (χ4n) is 8.10. The summed E-state index contributed by atoms with van der Waals surface area (Å²) in [7, 11) is 0. The molecule has 44 heavy (non-hydrogen) atoms. The number of halogens is 2. The molecule has 0 bridgehead atoms. The van der Waals surface area contributed by atoms with E-state index in [1.54, 1.807) is 32.9 Å². The summed E-state index contributed by atoms with van der Waals surface area (Å²) < 4.78 is 14.0. The Labute approximate surface area is 258 Å². The molecule has 0 radical (unpaired) electrons. The van der Waals surface area contributed by atoms with Crippen LogP contribution in [0.1, 0.15) is 55.2 Å². The van der Waals surface area contributed by atoms with Gasteiger partial charge < -0.3 is 10.2 Å². The van der Waals surface area contributed by atoms with E-state index in [4.69, 9.17) is 16.7 Å². The maximum absolute atomic E-state index is 14.4. The number of phenolic OH excluding ortho intramolecular Hbond substituents is 1. The maximum atomic E-state index is 14.4. The number of carboxylic acid groups (broad SMARTS) is 1. The van der Waals surface area contributed by atoms with Gasteiger partial charge in [-0.2, -0.15) is 0 Å². The number of rotatable bonds is 6. The molecular formula is C33H32ClFN2O7. The molecule has 2 aromatic rings. The molecule has 6 rings (SSSR count). The van der Waals surface area contributed by atoms with E-state index < -0.39 is 58.6 Å². The zero-order chi connectivity index (χ0) is 31.8. The number of aromatic hydroxyl groups is 1. The highest BCUT2D eigenvalue weighted by molar-refractivity contribution is 6.31. The Morgan fingerprint density at radius 1 is 1.05 bits per heavy atom. The summed E-state index contributed by atoms with van der Waals surface area (Å²) in [6.45, 7) is 5.24. The fourth-order valence-corrected chi connectivity index (χ4v) is 8.27. The van der Waals surface area contributed by atoms with Crippen LogP contribution in [0.25, 0.3) is 0 Å². The number of carbonyl (C=O) groups excluding carboxylic acids is 4. The first kappa shape index (κ1) is 30.0.